The number of aliphatic hydroxyl groups excluding tert-OH is 1. The summed E-state index contributed by atoms with van der Waals surface area (Å²) in [6.07, 6.45) is -0.653. The van der Waals surface area contributed by atoms with Gasteiger partial charge in [0.25, 0.3) is 0 Å². The van der Waals surface area contributed by atoms with Crippen molar-refractivity contribution >= 4 is 0 Å². The van der Waals surface area contributed by atoms with Crippen molar-refractivity contribution in [1.29, 1.82) is 5.26 Å². The summed E-state index contributed by atoms with van der Waals surface area (Å²) in [4.78, 5) is 0. The number of hydrogen-bond donors (Lipinski definition) is 1. The van der Waals surface area contributed by atoms with E-state index in [0.29, 0.717) is 0 Å². The van der Waals surface area contributed by atoms with E-state index in [9.17, 15) is 10.4 Å². The van der Waals surface area contributed by atoms with E-state index >= 15 is 0 Å². The normalized spacial score (nSPS) is 15.2. The molecule has 1 N–H and O–H groups in total. The average molecular weight is 217 g/mol. The highest BCUT2D eigenvalue weighted by Gasteiger charge is 2.31. The molecule has 16 heavy (non-hydrogen) atoms. The van der Waals surface area contributed by atoms with Crippen LogP contribution in [-0.2, 0) is 0 Å². The maximum Gasteiger partial charge on any atom is 0.0976 e. The number of benzene rings is 1. The van der Waals surface area contributed by atoms with Gasteiger partial charge in [-0.25, -0.2) is 0 Å². The van der Waals surface area contributed by atoms with Crippen LogP contribution in [0.1, 0.15) is 37.8 Å². The number of aryl methyl sites for hydroxylation is 1. The van der Waals surface area contributed by atoms with Crippen molar-refractivity contribution in [2.45, 2.75) is 39.7 Å². The van der Waals surface area contributed by atoms with Gasteiger partial charge < -0.3 is 5.11 Å². The second-order valence-corrected chi connectivity index (χ2v) is 5.33. The van der Waals surface area contributed by atoms with Crippen LogP contribution in [0.4, 0.5) is 0 Å². The molecular weight excluding hydrogens is 198 g/mol. The molecule has 0 saturated heterocycles. The van der Waals surface area contributed by atoms with Gasteiger partial charge in [0.15, 0.2) is 0 Å². The zero-order valence-electron chi connectivity index (χ0n) is 10.4. The molecule has 0 fully saturated rings. The summed E-state index contributed by atoms with van der Waals surface area (Å²) in [6, 6.07) is 9.96. The SMILES string of the molecule is Cc1ccc([C@H](C#N)[C@@H](O)C(C)(C)C)cc1. The van der Waals surface area contributed by atoms with Crippen LogP contribution in [0.15, 0.2) is 24.3 Å². The lowest BCUT2D eigenvalue weighted by molar-refractivity contribution is 0.0527. The molecule has 0 radical (unpaired) electrons. The van der Waals surface area contributed by atoms with Gasteiger partial charge >= 0.3 is 0 Å². The molecule has 1 aromatic carbocycles. The quantitative estimate of drug-likeness (QED) is 0.827. The maximum absolute atomic E-state index is 10.1. The van der Waals surface area contributed by atoms with E-state index in [1.54, 1.807) is 0 Å². The van der Waals surface area contributed by atoms with Crippen LogP contribution in [0.2, 0.25) is 0 Å². The summed E-state index contributed by atoms with van der Waals surface area (Å²) in [6.45, 7) is 7.83. The Balaban J connectivity index is 3.00. The molecule has 0 saturated carbocycles. The maximum atomic E-state index is 10.1. The van der Waals surface area contributed by atoms with Gasteiger partial charge in [0.2, 0.25) is 0 Å². The second kappa shape index (κ2) is 4.67. The molecule has 0 bridgehead atoms. The van der Waals surface area contributed by atoms with Crippen molar-refractivity contribution in [3.8, 4) is 6.07 Å². The van der Waals surface area contributed by atoms with E-state index in [-0.39, 0.29) is 5.41 Å². The predicted octanol–water partition coefficient (Wildman–Crippen LogP) is 3.01. The smallest absolute Gasteiger partial charge is 0.0976 e. The molecule has 2 atom stereocenters. The van der Waals surface area contributed by atoms with Crippen molar-refractivity contribution in [3.05, 3.63) is 35.4 Å². The molecule has 2 heteroatoms. The van der Waals surface area contributed by atoms with Crippen LogP contribution in [-0.4, -0.2) is 11.2 Å². The molecule has 0 aliphatic heterocycles. The van der Waals surface area contributed by atoms with Gasteiger partial charge in [-0.05, 0) is 17.9 Å². The molecule has 0 aliphatic rings. The van der Waals surface area contributed by atoms with Crippen LogP contribution in [0.3, 0.4) is 0 Å². The van der Waals surface area contributed by atoms with Gasteiger partial charge in [0.1, 0.15) is 0 Å². The number of rotatable bonds is 2. The van der Waals surface area contributed by atoms with E-state index in [2.05, 4.69) is 6.07 Å². The molecule has 2 nitrogen and oxygen atoms in total. The zero-order chi connectivity index (χ0) is 12.3. The lowest BCUT2D eigenvalue weighted by Crippen LogP contribution is -2.31. The van der Waals surface area contributed by atoms with Crippen LogP contribution >= 0.6 is 0 Å². The Bertz CT molecular complexity index is 381. The van der Waals surface area contributed by atoms with Crippen molar-refractivity contribution < 1.29 is 5.11 Å². The van der Waals surface area contributed by atoms with Crippen molar-refractivity contribution in [2.75, 3.05) is 0 Å². The van der Waals surface area contributed by atoms with Crippen LogP contribution in [0.5, 0.6) is 0 Å². The van der Waals surface area contributed by atoms with E-state index < -0.39 is 12.0 Å². The summed E-state index contributed by atoms with van der Waals surface area (Å²) >= 11 is 0. The second-order valence-electron chi connectivity index (χ2n) is 5.33. The highest BCUT2D eigenvalue weighted by Crippen LogP contribution is 2.31. The molecule has 1 aromatic rings. The van der Waals surface area contributed by atoms with Crippen molar-refractivity contribution in [1.82, 2.24) is 0 Å². The monoisotopic (exact) mass is 217 g/mol. The Hall–Kier alpha value is -1.33. The number of aliphatic hydroxyl groups is 1. The molecule has 0 aliphatic carbocycles. The minimum atomic E-state index is -0.653. The van der Waals surface area contributed by atoms with Gasteiger partial charge in [0, 0.05) is 0 Å². The summed E-state index contributed by atoms with van der Waals surface area (Å²) < 4.78 is 0. The number of nitriles is 1. The molecule has 1 rings (SSSR count). The molecular formula is C14H19NO. The van der Waals surface area contributed by atoms with Crippen LogP contribution < -0.4 is 0 Å². The summed E-state index contributed by atoms with van der Waals surface area (Å²) in [7, 11) is 0. The van der Waals surface area contributed by atoms with Gasteiger partial charge in [-0.15, -0.1) is 0 Å². The third-order valence-corrected chi connectivity index (χ3v) is 2.78. The van der Waals surface area contributed by atoms with Gasteiger partial charge in [-0.2, -0.15) is 5.26 Å². The molecule has 0 heterocycles. The summed E-state index contributed by atoms with van der Waals surface area (Å²) in [5, 5.41) is 19.3. The highest BCUT2D eigenvalue weighted by molar-refractivity contribution is 5.29. The van der Waals surface area contributed by atoms with Crippen LogP contribution in [0, 0.1) is 23.7 Å². The summed E-state index contributed by atoms with van der Waals surface area (Å²) in [5.41, 5.74) is 1.76. The van der Waals surface area contributed by atoms with Crippen molar-refractivity contribution in [2.24, 2.45) is 5.41 Å². The lowest BCUT2D eigenvalue weighted by atomic mass is 9.79. The number of nitrogens with zero attached hydrogens (tertiary/aromatic N) is 1. The third kappa shape index (κ3) is 2.84. The molecule has 0 spiro atoms. The fraction of sp³-hybridized carbons (Fsp3) is 0.500. The summed E-state index contributed by atoms with van der Waals surface area (Å²) in [5.74, 6) is -0.458. The number of hydrogen-bond acceptors (Lipinski definition) is 2. The topological polar surface area (TPSA) is 44.0 Å². The Kier molecular flexibility index (Phi) is 3.72. The Labute approximate surface area is 97.5 Å². The fourth-order valence-corrected chi connectivity index (χ4v) is 1.60. The molecule has 0 aromatic heterocycles. The van der Waals surface area contributed by atoms with Gasteiger partial charge in [-0.1, -0.05) is 50.6 Å². The Morgan fingerprint density at radius 2 is 1.69 bits per heavy atom. The first-order valence-corrected chi connectivity index (χ1v) is 5.50. The third-order valence-electron chi connectivity index (χ3n) is 2.78. The van der Waals surface area contributed by atoms with Crippen LogP contribution in [0.25, 0.3) is 0 Å². The minimum absolute atomic E-state index is 0.286. The highest BCUT2D eigenvalue weighted by atomic mass is 16.3. The fourth-order valence-electron chi connectivity index (χ4n) is 1.60. The van der Waals surface area contributed by atoms with E-state index in [0.717, 1.165) is 11.1 Å². The first-order chi connectivity index (χ1) is 7.36. The average Bonchev–Trinajstić information content (AvgIpc) is 2.20. The molecule has 0 amide bonds. The standard InChI is InChI=1S/C14H19NO/c1-10-5-7-11(8-6-10)12(9-15)13(16)14(2,3)4/h5-8,12-13,16H,1-4H3/t12-,13+/m0/s1. The van der Waals surface area contributed by atoms with E-state index in [4.69, 9.17) is 0 Å². The van der Waals surface area contributed by atoms with Gasteiger partial charge in [-0.3, -0.25) is 0 Å². The van der Waals surface area contributed by atoms with E-state index in [1.807, 2.05) is 52.0 Å². The van der Waals surface area contributed by atoms with Crippen molar-refractivity contribution in [3.63, 3.8) is 0 Å². The predicted molar refractivity (Wildman–Crippen MR) is 65.0 cm³/mol. The lowest BCUT2D eigenvalue weighted by Gasteiger charge is -2.29. The molecule has 0 unspecified atom stereocenters. The Morgan fingerprint density at radius 1 is 1.19 bits per heavy atom. The zero-order valence-corrected chi connectivity index (χ0v) is 10.4. The van der Waals surface area contributed by atoms with Gasteiger partial charge in [0.05, 0.1) is 18.1 Å². The first-order valence-electron chi connectivity index (χ1n) is 5.50. The molecule has 86 valence electrons. The first kappa shape index (κ1) is 12.7. The largest absolute Gasteiger partial charge is 0.391 e. The Morgan fingerprint density at radius 3 is 2.06 bits per heavy atom. The minimum Gasteiger partial charge on any atom is -0.391 e. The van der Waals surface area contributed by atoms with E-state index in [1.165, 1.54) is 0 Å².